The van der Waals surface area contributed by atoms with Crippen LogP contribution in [-0.2, 0) is 0 Å². The molecule has 0 amide bonds. The van der Waals surface area contributed by atoms with Gasteiger partial charge in [0.25, 0.3) is 0 Å². The summed E-state index contributed by atoms with van der Waals surface area (Å²) in [7, 11) is 0. The van der Waals surface area contributed by atoms with E-state index >= 15 is 0 Å². The fraction of sp³-hybridized carbons (Fsp3) is 0.684. The lowest BCUT2D eigenvalue weighted by atomic mass is 9.90. The van der Waals surface area contributed by atoms with Crippen molar-refractivity contribution in [2.45, 2.75) is 39.2 Å². The van der Waals surface area contributed by atoms with Crippen LogP contribution < -0.4 is 10.2 Å². The molecule has 24 heavy (non-hydrogen) atoms. The summed E-state index contributed by atoms with van der Waals surface area (Å²) in [6.45, 7) is 11.8. The van der Waals surface area contributed by atoms with E-state index in [0.29, 0.717) is 12.0 Å². The van der Waals surface area contributed by atoms with Gasteiger partial charge in [0.1, 0.15) is 0 Å². The van der Waals surface area contributed by atoms with Gasteiger partial charge in [0.2, 0.25) is 0 Å². The maximum atomic E-state index is 3.48. The zero-order valence-electron chi connectivity index (χ0n) is 15.0. The molecule has 3 nitrogen and oxygen atoms in total. The fourth-order valence-electron chi connectivity index (χ4n) is 3.94. The highest BCUT2D eigenvalue weighted by molar-refractivity contribution is 5.85. The summed E-state index contributed by atoms with van der Waals surface area (Å²) < 4.78 is 0. The first kappa shape index (κ1) is 21.6. The Labute approximate surface area is 160 Å². The Morgan fingerprint density at radius 1 is 0.958 bits per heavy atom. The molecule has 1 aromatic carbocycles. The molecule has 0 saturated carbocycles. The number of anilines is 1. The van der Waals surface area contributed by atoms with Gasteiger partial charge in [0.15, 0.2) is 0 Å². The summed E-state index contributed by atoms with van der Waals surface area (Å²) in [6, 6.07) is 10.0. The van der Waals surface area contributed by atoms with Gasteiger partial charge in [0.05, 0.1) is 0 Å². The SMILES string of the molecule is CCC(C)[C@H](c1ccc(N2CCCC2)cc1)N1CCNCC1.Cl.Cl. The summed E-state index contributed by atoms with van der Waals surface area (Å²) >= 11 is 0. The average molecular weight is 374 g/mol. The molecule has 2 fully saturated rings. The van der Waals surface area contributed by atoms with Crippen LogP contribution in [0.1, 0.15) is 44.7 Å². The van der Waals surface area contributed by atoms with Crippen LogP contribution in [0.2, 0.25) is 0 Å². The lowest BCUT2D eigenvalue weighted by Crippen LogP contribution is -2.46. The molecule has 2 atom stereocenters. The molecule has 1 N–H and O–H groups in total. The van der Waals surface area contributed by atoms with Crippen molar-refractivity contribution in [1.82, 2.24) is 10.2 Å². The molecule has 2 heterocycles. The van der Waals surface area contributed by atoms with E-state index in [0.717, 1.165) is 13.1 Å². The van der Waals surface area contributed by atoms with Crippen molar-refractivity contribution in [3.8, 4) is 0 Å². The zero-order chi connectivity index (χ0) is 15.4. The van der Waals surface area contributed by atoms with E-state index in [1.165, 1.54) is 56.7 Å². The smallest absolute Gasteiger partial charge is 0.0374 e. The quantitative estimate of drug-likeness (QED) is 0.836. The van der Waals surface area contributed by atoms with Crippen molar-refractivity contribution in [3.63, 3.8) is 0 Å². The van der Waals surface area contributed by atoms with Crippen molar-refractivity contribution in [1.29, 1.82) is 0 Å². The van der Waals surface area contributed by atoms with Gasteiger partial charge < -0.3 is 10.2 Å². The van der Waals surface area contributed by atoms with Crippen LogP contribution in [-0.4, -0.2) is 44.2 Å². The minimum atomic E-state index is 0. The Hall–Kier alpha value is -0.480. The number of nitrogens with one attached hydrogen (secondary N) is 1. The Bertz CT molecular complexity index is 454. The lowest BCUT2D eigenvalue weighted by molar-refractivity contribution is 0.128. The molecule has 3 rings (SSSR count). The second-order valence-electron chi connectivity index (χ2n) is 6.90. The molecule has 2 aliphatic rings. The van der Waals surface area contributed by atoms with Gasteiger partial charge in [-0.1, -0.05) is 32.4 Å². The van der Waals surface area contributed by atoms with Crippen molar-refractivity contribution < 1.29 is 0 Å². The number of rotatable bonds is 5. The average Bonchev–Trinajstić information content (AvgIpc) is 3.11. The topological polar surface area (TPSA) is 18.5 Å². The minimum absolute atomic E-state index is 0. The molecule has 1 aromatic rings. The van der Waals surface area contributed by atoms with Gasteiger partial charge in [-0.2, -0.15) is 0 Å². The highest BCUT2D eigenvalue weighted by Crippen LogP contribution is 2.32. The van der Waals surface area contributed by atoms with Crippen LogP contribution in [0, 0.1) is 5.92 Å². The van der Waals surface area contributed by atoms with Crippen molar-refractivity contribution in [2.75, 3.05) is 44.2 Å². The molecule has 5 heteroatoms. The number of hydrogen-bond donors (Lipinski definition) is 1. The van der Waals surface area contributed by atoms with Gasteiger partial charge >= 0.3 is 0 Å². The highest BCUT2D eigenvalue weighted by atomic mass is 35.5. The van der Waals surface area contributed by atoms with Gasteiger partial charge in [0, 0.05) is 51.0 Å². The van der Waals surface area contributed by atoms with E-state index in [1.54, 1.807) is 0 Å². The standard InChI is InChI=1S/C19H31N3.2ClH/c1-3-16(2)19(22-14-10-20-11-15-22)17-6-8-18(9-7-17)21-12-4-5-13-21;;/h6-9,16,19-20H,3-5,10-15H2,1-2H3;2*1H/t16?,19-;;/m1../s1. The number of piperazine rings is 1. The van der Waals surface area contributed by atoms with Crippen molar-refractivity contribution in [3.05, 3.63) is 29.8 Å². The van der Waals surface area contributed by atoms with E-state index < -0.39 is 0 Å². The number of halogens is 2. The molecule has 2 saturated heterocycles. The zero-order valence-corrected chi connectivity index (χ0v) is 16.7. The number of nitrogens with zero attached hydrogens (tertiary/aromatic N) is 2. The van der Waals surface area contributed by atoms with E-state index in [1.807, 2.05) is 0 Å². The molecule has 138 valence electrons. The Balaban J connectivity index is 0.00000144. The van der Waals surface area contributed by atoms with Gasteiger partial charge in [-0.25, -0.2) is 0 Å². The first-order valence-corrected chi connectivity index (χ1v) is 9.09. The Kier molecular flexibility index (Phi) is 9.43. The molecular weight excluding hydrogens is 341 g/mol. The molecule has 0 aliphatic carbocycles. The maximum absolute atomic E-state index is 3.48. The van der Waals surface area contributed by atoms with Crippen LogP contribution in [0.25, 0.3) is 0 Å². The lowest BCUT2D eigenvalue weighted by Gasteiger charge is -2.38. The largest absolute Gasteiger partial charge is 0.372 e. The van der Waals surface area contributed by atoms with Crippen LogP contribution in [0.4, 0.5) is 5.69 Å². The third-order valence-electron chi connectivity index (χ3n) is 5.43. The summed E-state index contributed by atoms with van der Waals surface area (Å²) in [5.41, 5.74) is 2.91. The molecule has 0 bridgehead atoms. The van der Waals surface area contributed by atoms with E-state index in [-0.39, 0.29) is 24.8 Å². The first-order chi connectivity index (χ1) is 10.8. The highest BCUT2D eigenvalue weighted by Gasteiger charge is 2.26. The molecule has 1 unspecified atom stereocenters. The van der Waals surface area contributed by atoms with E-state index in [2.05, 4.69) is 53.2 Å². The van der Waals surface area contributed by atoms with Crippen LogP contribution in [0.5, 0.6) is 0 Å². The summed E-state index contributed by atoms with van der Waals surface area (Å²) in [6.07, 6.45) is 3.93. The molecule has 2 aliphatic heterocycles. The fourth-order valence-corrected chi connectivity index (χ4v) is 3.94. The van der Waals surface area contributed by atoms with Gasteiger partial charge in [-0.15, -0.1) is 24.8 Å². The molecular formula is C19H33Cl2N3. The van der Waals surface area contributed by atoms with E-state index in [4.69, 9.17) is 0 Å². The second-order valence-corrected chi connectivity index (χ2v) is 6.90. The molecule has 0 radical (unpaired) electrons. The monoisotopic (exact) mass is 373 g/mol. The summed E-state index contributed by atoms with van der Waals surface area (Å²) in [4.78, 5) is 5.20. The number of benzene rings is 1. The second kappa shape index (κ2) is 10.5. The Morgan fingerprint density at radius 2 is 1.54 bits per heavy atom. The third kappa shape index (κ3) is 5.01. The first-order valence-electron chi connectivity index (χ1n) is 9.09. The summed E-state index contributed by atoms with van der Waals surface area (Å²) in [5.74, 6) is 0.704. The number of hydrogen-bond acceptors (Lipinski definition) is 3. The predicted octanol–water partition coefficient (Wildman–Crippen LogP) is 4.12. The maximum Gasteiger partial charge on any atom is 0.0374 e. The predicted molar refractivity (Wildman–Crippen MR) is 109 cm³/mol. The van der Waals surface area contributed by atoms with Crippen LogP contribution in [0.15, 0.2) is 24.3 Å². The molecule has 0 aromatic heterocycles. The Morgan fingerprint density at radius 3 is 2.08 bits per heavy atom. The van der Waals surface area contributed by atoms with Gasteiger partial charge in [-0.3, -0.25) is 4.90 Å². The van der Waals surface area contributed by atoms with Gasteiger partial charge in [-0.05, 0) is 36.5 Å². The van der Waals surface area contributed by atoms with Crippen LogP contribution >= 0.6 is 24.8 Å². The molecule has 0 spiro atoms. The van der Waals surface area contributed by atoms with E-state index in [9.17, 15) is 0 Å². The summed E-state index contributed by atoms with van der Waals surface area (Å²) in [5, 5.41) is 3.48. The van der Waals surface area contributed by atoms with Crippen molar-refractivity contribution >= 4 is 30.5 Å². The minimum Gasteiger partial charge on any atom is -0.372 e. The van der Waals surface area contributed by atoms with Crippen LogP contribution in [0.3, 0.4) is 0 Å². The third-order valence-corrected chi connectivity index (χ3v) is 5.43. The normalized spacial score (nSPS) is 20.8. The van der Waals surface area contributed by atoms with Crippen molar-refractivity contribution in [2.24, 2.45) is 5.92 Å².